The van der Waals surface area contributed by atoms with Crippen molar-refractivity contribution in [2.24, 2.45) is 0 Å². The van der Waals surface area contributed by atoms with Crippen molar-refractivity contribution >= 4 is 16.9 Å². The van der Waals surface area contributed by atoms with Crippen molar-refractivity contribution in [3.63, 3.8) is 0 Å². The number of piperidine rings is 1. The fraction of sp³-hybridized carbons (Fsp3) is 0.444. The number of likely N-dealkylation sites (tertiary alicyclic amines) is 1. The molecule has 2 heterocycles. The van der Waals surface area contributed by atoms with Crippen molar-refractivity contribution in [1.29, 1.82) is 0 Å². The van der Waals surface area contributed by atoms with Gasteiger partial charge in [-0.2, -0.15) is 0 Å². The normalized spacial score (nSPS) is 20.8. The number of aromatic nitrogens is 1. The standard InChI is InChI=1S/C27H34N2O4/c1-6-33-20-14-23(18-7-9-19(10-8-18)26(30)31)29(27(3,4)15-20)16-22-21-11-12-28-25(21)17(2)13-24(22)32-5/h7-13,20,23,28H,6,14-16H2,1-5H3,(H,30,31). The average Bonchev–Trinajstić information content (AvgIpc) is 3.27. The lowest BCUT2D eigenvalue weighted by Crippen LogP contribution is -2.53. The number of rotatable bonds is 7. The van der Waals surface area contributed by atoms with Crippen LogP contribution < -0.4 is 4.74 Å². The average molecular weight is 451 g/mol. The maximum atomic E-state index is 11.4. The molecular formula is C27H34N2O4. The Morgan fingerprint density at radius 3 is 2.61 bits per heavy atom. The second-order valence-corrected chi connectivity index (χ2v) is 9.54. The van der Waals surface area contributed by atoms with Crippen LogP contribution in [0.1, 0.15) is 66.7 Å². The number of hydrogen-bond donors (Lipinski definition) is 2. The lowest BCUT2D eigenvalue weighted by Gasteiger charge is -2.51. The van der Waals surface area contributed by atoms with Crippen molar-refractivity contribution in [3.8, 4) is 5.75 Å². The largest absolute Gasteiger partial charge is 0.496 e. The number of benzene rings is 2. The van der Waals surface area contributed by atoms with Crippen LogP contribution in [0.3, 0.4) is 0 Å². The van der Waals surface area contributed by atoms with Crippen LogP contribution >= 0.6 is 0 Å². The van der Waals surface area contributed by atoms with Crippen molar-refractivity contribution < 1.29 is 19.4 Å². The predicted octanol–water partition coefficient (Wildman–Crippen LogP) is 5.70. The van der Waals surface area contributed by atoms with E-state index in [1.807, 2.05) is 25.3 Å². The zero-order valence-corrected chi connectivity index (χ0v) is 20.1. The van der Waals surface area contributed by atoms with Gasteiger partial charge in [-0.05, 0) is 75.9 Å². The second kappa shape index (κ2) is 9.20. The van der Waals surface area contributed by atoms with Crippen LogP contribution in [0.5, 0.6) is 5.75 Å². The molecule has 2 atom stereocenters. The minimum Gasteiger partial charge on any atom is -0.496 e. The Morgan fingerprint density at radius 2 is 1.97 bits per heavy atom. The first kappa shape index (κ1) is 23.3. The number of aryl methyl sites for hydroxylation is 1. The third-order valence-electron chi connectivity index (χ3n) is 6.97. The third-order valence-corrected chi connectivity index (χ3v) is 6.97. The summed E-state index contributed by atoms with van der Waals surface area (Å²) < 4.78 is 11.9. The Labute approximate surface area is 195 Å². The van der Waals surface area contributed by atoms with E-state index in [2.05, 4.69) is 42.8 Å². The maximum Gasteiger partial charge on any atom is 0.335 e. The first-order valence-electron chi connectivity index (χ1n) is 11.6. The smallest absolute Gasteiger partial charge is 0.335 e. The Bertz CT molecular complexity index is 1130. The number of aromatic carboxylic acids is 1. The molecule has 6 nitrogen and oxygen atoms in total. The molecule has 33 heavy (non-hydrogen) atoms. The van der Waals surface area contributed by atoms with E-state index in [0.717, 1.165) is 47.3 Å². The summed E-state index contributed by atoms with van der Waals surface area (Å²) in [6, 6.07) is 11.6. The van der Waals surface area contributed by atoms with Gasteiger partial charge in [-0.1, -0.05) is 12.1 Å². The first-order valence-corrected chi connectivity index (χ1v) is 11.6. The molecule has 0 aliphatic carbocycles. The van der Waals surface area contributed by atoms with E-state index < -0.39 is 5.97 Å². The van der Waals surface area contributed by atoms with Crippen molar-refractivity contribution in [2.75, 3.05) is 13.7 Å². The molecule has 2 aromatic carbocycles. The van der Waals surface area contributed by atoms with Crippen molar-refractivity contribution in [2.45, 2.75) is 64.8 Å². The van der Waals surface area contributed by atoms with Crippen molar-refractivity contribution in [1.82, 2.24) is 9.88 Å². The van der Waals surface area contributed by atoms with E-state index in [9.17, 15) is 9.90 Å². The van der Waals surface area contributed by atoms with Gasteiger partial charge in [0.1, 0.15) is 5.75 Å². The topological polar surface area (TPSA) is 74.8 Å². The fourth-order valence-corrected chi connectivity index (χ4v) is 5.36. The number of H-pyrrole nitrogens is 1. The van der Waals surface area contributed by atoms with Crippen molar-refractivity contribution in [3.05, 3.63) is 64.8 Å². The highest BCUT2D eigenvalue weighted by Gasteiger charge is 2.42. The number of nitrogens with zero attached hydrogens (tertiary/aromatic N) is 1. The van der Waals surface area contributed by atoms with E-state index in [0.29, 0.717) is 12.2 Å². The van der Waals surface area contributed by atoms with E-state index in [-0.39, 0.29) is 17.7 Å². The van der Waals surface area contributed by atoms with Crippen LogP contribution in [-0.2, 0) is 11.3 Å². The van der Waals surface area contributed by atoms with E-state index in [1.165, 1.54) is 5.39 Å². The molecule has 2 N–H and O–H groups in total. The molecule has 0 bridgehead atoms. The Morgan fingerprint density at radius 1 is 1.24 bits per heavy atom. The summed E-state index contributed by atoms with van der Waals surface area (Å²) in [6.45, 7) is 10.1. The summed E-state index contributed by atoms with van der Waals surface area (Å²) in [5.41, 5.74) is 4.73. The van der Waals surface area contributed by atoms with Gasteiger partial charge in [-0.3, -0.25) is 4.90 Å². The monoisotopic (exact) mass is 450 g/mol. The zero-order chi connectivity index (χ0) is 23.8. The van der Waals surface area contributed by atoms with Crippen LogP contribution in [0.25, 0.3) is 10.9 Å². The third kappa shape index (κ3) is 4.50. The molecule has 0 spiro atoms. The number of methoxy groups -OCH3 is 1. The zero-order valence-electron chi connectivity index (χ0n) is 20.1. The molecule has 0 amide bonds. The molecule has 3 aromatic rings. The molecule has 2 unspecified atom stereocenters. The second-order valence-electron chi connectivity index (χ2n) is 9.54. The lowest BCUT2D eigenvalue weighted by molar-refractivity contribution is -0.0753. The summed E-state index contributed by atoms with van der Waals surface area (Å²) in [6.07, 6.45) is 3.91. The minimum atomic E-state index is -0.909. The molecule has 1 aromatic heterocycles. The van der Waals surface area contributed by atoms with Gasteiger partial charge in [0.05, 0.1) is 18.8 Å². The van der Waals surface area contributed by atoms with Crippen LogP contribution in [0.4, 0.5) is 0 Å². The Hall–Kier alpha value is -2.83. The summed E-state index contributed by atoms with van der Waals surface area (Å²) in [5, 5.41) is 10.5. The van der Waals surface area contributed by atoms with E-state index in [1.54, 1.807) is 19.2 Å². The van der Waals surface area contributed by atoms with Gasteiger partial charge in [-0.15, -0.1) is 0 Å². The van der Waals surface area contributed by atoms with E-state index >= 15 is 0 Å². The highest BCUT2D eigenvalue weighted by Crippen LogP contribution is 2.44. The van der Waals surface area contributed by atoms with Gasteiger partial charge in [-0.25, -0.2) is 4.79 Å². The first-order chi connectivity index (χ1) is 15.7. The summed E-state index contributed by atoms with van der Waals surface area (Å²) >= 11 is 0. The van der Waals surface area contributed by atoms with Gasteiger partial charge in [0.15, 0.2) is 0 Å². The highest BCUT2D eigenvalue weighted by atomic mass is 16.5. The van der Waals surface area contributed by atoms with Gasteiger partial charge in [0.25, 0.3) is 0 Å². The quantitative estimate of drug-likeness (QED) is 0.483. The Kier molecular flexibility index (Phi) is 6.50. The minimum absolute atomic E-state index is 0.0909. The number of fused-ring (bicyclic) bond motifs is 1. The number of nitrogens with one attached hydrogen (secondary N) is 1. The number of carboxylic acid groups (broad SMARTS) is 1. The summed E-state index contributed by atoms with van der Waals surface area (Å²) in [4.78, 5) is 17.3. The number of aromatic amines is 1. The lowest BCUT2D eigenvalue weighted by atomic mass is 9.81. The molecule has 1 aliphatic rings. The molecule has 4 rings (SSSR count). The molecule has 176 valence electrons. The SMILES string of the molecule is CCOC1CC(c2ccc(C(=O)O)cc2)N(Cc2c(OC)cc(C)c3[nH]ccc23)C(C)(C)C1. The number of carboxylic acids is 1. The van der Waals surface area contributed by atoms with E-state index in [4.69, 9.17) is 9.47 Å². The van der Waals surface area contributed by atoms with Gasteiger partial charge in [0.2, 0.25) is 0 Å². The fourth-order valence-electron chi connectivity index (χ4n) is 5.36. The number of hydrogen-bond acceptors (Lipinski definition) is 4. The van der Waals surface area contributed by atoms with Gasteiger partial charge < -0.3 is 19.6 Å². The van der Waals surface area contributed by atoms with Gasteiger partial charge in [0, 0.05) is 47.4 Å². The highest BCUT2D eigenvalue weighted by molar-refractivity contribution is 5.88. The van der Waals surface area contributed by atoms with Crippen LogP contribution in [0, 0.1) is 6.92 Å². The summed E-state index contributed by atoms with van der Waals surface area (Å²) in [5.74, 6) is -0.0175. The Balaban J connectivity index is 1.78. The predicted molar refractivity (Wildman–Crippen MR) is 130 cm³/mol. The van der Waals surface area contributed by atoms with Crippen LogP contribution in [-0.4, -0.2) is 46.3 Å². The summed E-state index contributed by atoms with van der Waals surface area (Å²) in [7, 11) is 1.73. The van der Waals surface area contributed by atoms with Crippen LogP contribution in [0.15, 0.2) is 42.6 Å². The number of ether oxygens (including phenoxy) is 2. The van der Waals surface area contributed by atoms with Crippen LogP contribution in [0.2, 0.25) is 0 Å². The molecular weight excluding hydrogens is 416 g/mol. The molecule has 6 heteroatoms. The van der Waals surface area contributed by atoms with Gasteiger partial charge >= 0.3 is 5.97 Å². The molecule has 0 saturated carbocycles. The number of carbonyl (C=O) groups is 1. The molecule has 1 aliphatic heterocycles. The molecule has 0 radical (unpaired) electrons. The molecule has 1 saturated heterocycles. The maximum absolute atomic E-state index is 11.4. The molecule has 1 fully saturated rings.